The Bertz CT molecular complexity index is 601. The second-order valence-electron chi connectivity index (χ2n) is 6.46. The summed E-state index contributed by atoms with van der Waals surface area (Å²) in [6.45, 7) is 6.72. The lowest BCUT2D eigenvalue weighted by Crippen LogP contribution is -2.48. The summed E-state index contributed by atoms with van der Waals surface area (Å²) in [6, 6.07) is 5.35. The van der Waals surface area contributed by atoms with Gasteiger partial charge >= 0.3 is 6.03 Å². The smallest absolute Gasteiger partial charge is 0.319 e. The number of carbonyl (C=O) groups is 2. The van der Waals surface area contributed by atoms with Crippen molar-refractivity contribution in [2.45, 2.75) is 39.2 Å². The van der Waals surface area contributed by atoms with Gasteiger partial charge in [0.2, 0.25) is 5.91 Å². The number of anilines is 1. The van der Waals surface area contributed by atoms with Crippen molar-refractivity contribution in [3.63, 3.8) is 0 Å². The molecule has 0 saturated carbocycles. The molecule has 1 fully saturated rings. The molecule has 0 bridgehead atoms. The summed E-state index contributed by atoms with van der Waals surface area (Å²) in [5, 5.41) is 9.32. The van der Waals surface area contributed by atoms with Crippen molar-refractivity contribution in [1.29, 1.82) is 0 Å². The lowest BCUT2D eigenvalue weighted by Gasteiger charge is -2.31. The standard InChI is InChI=1S/C18H27ClN4O2/c1-3-8-20-17(24)12-23-9-6-14(7-10-23)21-18(25)22-15-5-4-13(2)16(19)11-15/h4-5,11,14H,3,6-10,12H2,1-2H3,(H,20,24)(H2,21,22,25). The van der Waals surface area contributed by atoms with Crippen LogP contribution in [0.25, 0.3) is 0 Å². The lowest BCUT2D eigenvalue weighted by molar-refractivity contribution is -0.122. The van der Waals surface area contributed by atoms with Gasteiger partial charge in [-0.3, -0.25) is 9.69 Å². The van der Waals surface area contributed by atoms with Crippen LogP contribution in [0.1, 0.15) is 31.7 Å². The molecule has 1 saturated heterocycles. The molecule has 6 nitrogen and oxygen atoms in total. The highest BCUT2D eigenvalue weighted by atomic mass is 35.5. The predicted molar refractivity (Wildman–Crippen MR) is 101 cm³/mol. The third-order valence-electron chi connectivity index (χ3n) is 4.29. The van der Waals surface area contributed by atoms with Gasteiger partial charge in [-0.05, 0) is 43.9 Å². The normalized spacial score (nSPS) is 15.6. The highest BCUT2D eigenvalue weighted by Gasteiger charge is 2.22. The fourth-order valence-electron chi connectivity index (χ4n) is 2.78. The maximum Gasteiger partial charge on any atom is 0.319 e. The Morgan fingerprint density at radius 2 is 2.00 bits per heavy atom. The summed E-state index contributed by atoms with van der Waals surface area (Å²) >= 11 is 6.07. The SMILES string of the molecule is CCCNC(=O)CN1CCC(NC(=O)Nc2ccc(C)c(Cl)c2)CC1. The van der Waals surface area contributed by atoms with Crippen molar-refractivity contribution in [2.75, 3.05) is 31.5 Å². The van der Waals surface area contributed by atoms with Crippen molar-refractivity contribution in [3.05, 3.63) is 28.8 Å². The molecule has 2 rings (SSSR count). The van der Waals surface area contributed by atoms with Crippen molar-refractivity contribution in [2.24, 2.45) is 0 Å². The molecule has 0 aliphatic carbocycles. The largest absolute Gasteiger partial charge is 0.355 e. The average molecular weight is 367 g/mol. The Kier molecular flexibility index (Phi) is 7.52. The fraction of sp³-hybridized carbons (Fsp3) is 0.556. The molecule has 3 N–H and O–H groups in total. The molecule has 25 heavy (non-hydrogen) atoms. The van der Waals surface area contributed by atoms with Gasteiger partial charge in [0, 0.05) is 36.4 Å². The molecular weight excluding hydrogens is 340 g/mol. The van der Waals surface area contributed by atoms with Crippen molar-refractivity contribution in [3.8, 4) is 0 Å². The van der Waals surface area contributed by atoms with Gasteiger partial charge in [-0.1, -0.05) is 24.6 Å². The summed E-state index contributed by atoms with van der Waals surface area (Å²) in [5.74, 6) is 0.0715. The van der Waals surface area contributed by atoms with E-state index in [-0.39, 0.29) is 18.0 Å². The molecule has 1 aliphatic rings. The third kappa shape index (κ3) is 6.55. The van der Waals surface area contributed by atoms with E-state index in [2.05, 4.69) is 20.9 Å². The van der Waals surface area contributed by atoms with E-state index in [1.54, 1.807) is 6.07 Å². The summed E-state index contributed by atoms with van der Waals surface area (Å²) in [6.07, 6.45) is 2.62. The molecule has 0 atom stereocenters. The second-order valence-corrected chi connectivity index (χ2v) is 6.87. The van der Waals surface area contributed by atoms with E-state index in [0.29, 0.717) is 17.3 Å². The molecule has 0 aromatic heterocycles. The van der Waals surface area contributed by atoms with Crippen LogP contribution in [0.3, 0.4) is 0 Å². The number of piperidine rings is 1. The van der Waals surface area contributed by atoms with Crippen LogP contribution in [-0.2, 0) is 4.79 Å². The van der Waals surface area contributed by atoms with Gasteiger partial charge in [0.15, 0.2) is 0 Å². The Hall–Kier alpha value is -1.79. The van der Waals surface area contributed by atoms with Crippen LogP contribution in [0.2, 0.25) is 5.02 Å². The number of benzene rings is 1. The van der Waals surface area contributed by atoms with Gasteiger partial charge in [-0.25, -0.2) is 4.79 Å². The van der Waals surface area contributed by atoms with Gasteiger partial charge in [-0.2, -0.15) is 0 Å². The van der Waals surface area contributed by atoms with E-state index in [1.807, 2.05) is 26.0 Å². The number of halogens is 1. The molecule has 138 valence electrons. The molecule has 7 heteroatoms. The van der Waals surface area contributed by atoms with E-state index in [9.17, 15) is 9.59 Å². The average Bonchev–Trinajstić information content (AvgIpc) is 2.58. The van der Waals surface area contributed by atoms with Crippen LogP contribution >= 0.6 is 11.6 Å². The monoisotopic (exact) mass is 366 g/mol. The van der Waals surface area contributed by atoms with E-state index in [4.69, 9.17) is 11.6 Å². The first-order chi connectivity index (χ1) is 12.0. The number of aryl methyl sites for hydroxylation is 1. The topological polar surface area (TPSA) is 73.5 Å². The highest BCUT2D eigenvalue weighted by Crippen LogP contribution is 2.20. The molecule has 0 radical (unpaired) electrons. The van der Waals surface area contributed by atoms with E-state index in [1.165, 1.54) is 0 Å². The maximum absolute atomic E-state index is 12.1. The van der Waals surface area contributed by atoms with Crippen molar-refractivity contribution >= 4 is 29.2 Å². The minimum absolute atomic E-state index is 0.0715. The molecule has 1 heterocycles. The molecule has 3 amide bonds. The molecule has 0 spiro atoms. The number of nitrogens with one attached hydrogen (secondary N) is 3. The first-order valence-corrected chi connectivity index (χ1v) is 9.18. The zero-order chi connectivity index (χ0) is 18.2. The number of rotatable bonds is 6. The Labute approximate surface area is 154 Å². The number of likely N-dealkylation sites (tertiary alicyclic amines) is 1. The van der Waals surface area contributed by atoms with Gasteiger partial charge in [0.1, 0.15) is 0 Å². The molecule has 1 aliphatic heterocycles. The number of carbonyl (C=O) groups excluding carboxylic acids is 2. The molecule has 1 aromatic rings. The lowest BCUT2D eigenvalue weighted by atomic mass is 10.1. The second kappa shape index (κ2) is 9.63. The Morgan fingerprint density at radius 3 is 2.64 bits per heavy atom. The number of urea groups is 1. The van der Waals surface area contributed by atoms with Crippen LogP contribution in [-0.4, -0.2) is 49.1 Å². The number of nitrogens with zero attached hydrogens (tertiary/aromatic N) is 1. The maximum atomic E-state index is 12.1. The van der Waals surface area contributed by atoms with Crippen molar-refractivity contribution in [1.82, 2.24) is 15.5 Å². The van der Waals surface area contributed by atoms with Gasteiger partial charge in [0.05, 0.1) is 6.54 Å². The van der Waals surface area contributed by atoms with E-state index in [0.717, 1.165) is 44.5 Å². The fourth-order valence-corrected chi connectivity index (χ4v) is 2.96. The summed E-state index contributed by atoms with van der Waals surface area (Å²) in [4.78, 5) is 26.0. The van der Waals surface area contributed by atoms with Gasteiger partial charge in [-0.15, -0.1) is 0 Å². The van der Waals surface area contributed by atoms with Crippen LogP contribution < -0.4 is 16.0 Å². The minimum atomic E-state index is -0.223. The molecular formula is C18H27ClN4O2. The quantitative estimate of drug-likeness (QED) is 0.724. The van der Waals surface area contributed by atoms with E-state index >= 15 is 0 Å². The molecule has 0 unspecified atom stereocenters. The number of hydrogen-bond acceptors (Lipinski definition) is 3. The van der Waals surface area contributed by atoms with Gasteiger partial charge in [0.25, 0.3) is 0 Å². The summed E-state index contributed by atoms with van der Waals surface area (Å²) in [5.41, 5.74) is 1.65. The number of amides is 3. The van der Waals surface area contributed by atoms with Crippen LogP contribution in [0, 0.1) is 6.92 Å². The van der Waals surface area contributed by atoms with Crippen LogP contribution in [0.5, 0.6) is 0 Å². The first-order valence-electron chi connectivity index (χ1n) is 8.80. The minimum Gasteiger partial charge on any atom is -0.355 e. The highest BCUT2D eigenvalue weighted by molar-refractivity contribution is 6.31. The first kappa shape index (κ1) is 19.5. The number of hydrogen-bond donors (Lipinski definition) is 3. The zero-order valence-corrected chi connectivity index (χ0v) is 15.7. The van der Waals surface area contributed by atoms with Crippen molar-refractivity contribution < 1.29 is 9.59 Å². The third-order valence-corrected chi connectivity index (χ3v) is 4.70. The van der Waals surface area contributed by atoms with E-state index < -0.39 is 0 Å². The van der Waals surface area contributed by atoms with Gasteiger partial charge < -0.3 is 16.0 Å². The van der Waals surface area contributed by atoms with Crippen LogP contribution in [0.15, 0.2) is 18.2 Å². The predicted octanol–water partition coefficient (Wildman–Crippen LogP) is 2.76. The zero-order valence-electron chi connectivity index (χ0n) is 14.9. The summed E-state index contributed by atoms with van der Waals surface area (Å²) in [7, 11) is 0. The molecule has 1 aromatic carbocycles. The Morgan fingerprint density at radius 1 is 1.28 bits per heavy atom. The van der Waals surface area contributed by atoms with Crippen LogP contribution in [0.4, 0.5) is 10.5 Å². The Balaban J connectivity index is 1.71. The summed E-state index contributed by atoms with van der Waals surface area (Å²) < 4.78 is 0.